The van der Waals surface area contributed by atoms with Crippen molar-refractivity contribution in [1.29, 1.82) is 0 Å². The average Bonchev–Trinajstić information content (AvgIpc) is 2.90. The summed E-state index contributed by atoms with van der Waals surface area (Å²) in [6, 6.07) is 19.6. The van der Waals surface area contributed by atoms with Gasteiger partial charge in [0.15, 0.2) is 0 Å². The van der Waals surface area contributed by atoms with Crippen LogP contribution in [0.5, 0.6) is 0 Å². The van der Waals surface area contributed by atoms with Crippen molar-refractivity contribution < 1.29 is 0 Å². The Bertz CT molecular complexity index is 916. The molecule has 1 heteroatoms. The number of nitrogens with zero attached hydrogens (tertiary/aromatic N) is 1. The fraction of sp³-hybridized carbons (Fsp3) is 0.100. The summed E-state index contributed by atoms with van der Waals surface area (Å²) in [5, 5.41) is 2.60. The minimum absolute atomic E-state index is 1.25. The van der Waals surface area contributed by atoms with E-state index in [0.29, 0.717) is 0 Å². The zero-order valence-corrected chi connectivity index (χ0v) is 12.3. The highest BCUT2D eigenvalue weighted by atomic mass is 14.9. The number of hydrogen-bond acceptors (Lipinski definition) is 0. The van der Waals surface area contributed by atoms with E-state index in [4.69, 9.17) is 0 Å². The van der Waals surface area contributed by atoms with Crippen molar-refractivity contribution in [3.63, 3.8) is 0 Å². The summed E-state index contributed by atoms with van der Waals surface area (Å²) in [6.45, 7) is 4.33. The average molecular weight is 271 g/mol. The second kappa shape index (κ2) is 4.49. The van der Waals surface area contributed by atoms with Crippen molar-refractivity contribution in [2.24, 2.45) is 0 Å². The molecule has 0 aliphatic rings. The lowest BCUT2D eigenvalue weighted by atomic mass is 10.0. The fourth-order valence-corrected chi connectivity index (χ4v) is 2.99. The van der Waals surface area contributed by atoms with Crippen LogP contribution in [0.15, 0.2) is 67.0 Å². The van der Waals surface area contributed by atoms with E-state index in [1.54, 1.807) is 0 Å². The van der Waals surface area contributed by atoms with Crippen LogP contribution in [0.1, 0.15) is 11.1 Å². The lowest BCUT2D eigenvalue weighted by molar-refractivity contribution is 1.14. The molecule has 4 aromatic rings. The molecule has 0 unspecified atom stereocenters. The van der Waals surface area contributed by atoms with Crippen LogP contribution in [0, 0.1) is 13.8 Å². The first-order valence-corrected chi connectivity index (χ1v) is 7.29. The second-order valence-corrected chi connectivity index (χ2v) is 5.73. The van der Waals surface area contributed by atoms with Crippen LogP contribution in [0.3, 0.4) is 0 Å². The van der Waals surface area contributed by atoms with Gasteiger partial charge in [-0.2, -0.15) is 0 Å². The molecular weight excluding hydrogens is 254 g/mol. The number of pyridine rings is 1. The van der Waals surface area contributed by atoms with Crippen LogP contribution in [-0.2, 0) is 0 Å². The maximum atomic E-state index is 2.27. The van der Waals surface area contributed by atoms with Gasteiger partial charge in [-0.3, -0.25) is 0 Å². The molecule has 0 spiro atoms. The lowest BCUT2D eigenvalue weighted by Gasteiger charge is -2.04. The van der Waals surface area contributed by atoms with Crippen LogP contribution in [0.25, 0.3) is 27.4 Å². The molecule has 4 rings (SSSR count). The number of aryl methyl sites for hydroxylation is 2. The monoisotopic (exact) mass is 271 g/mol. The molecule has 102 valence electrons. The molecule has 0 aliphatic carbocycles. The number of fused-ring (bicyclic) bond motifs is 2. The van der Waals surface area contributed by atoms with Gasteiger partial charge < -0.3 is 4.40 Å². The van der Waals surface area contributed by atoms with E-state index < -0.39 is 0 Å². The van der Waals surface area contributed by atoms with Crippen molar-refractivity contribution in [1.82, 2.24) is 4.40 Å². The first-order valence-electron chi connectivity index (χ1n) is 7.29. The Balaban J connectivity index is 2.00. The summed E-state index contributed by atoms with van der Waals surface area (Å²) < 4.78 is 2.22. The van der Waals surface area contributed by atoms with Crippen LogP contribution in [0.4, 0.5) is 0 Å². The summed E-state index contributed by atoms with van der Waals surface area (Å²) in [5.74, 6) is 0. The Hall–Kier alpha value is -2.54. The Morgan fingerprint density at radius 2 is 1.57 bits per heavy atom. The van der Waals surface area contributed by atoms with E-state index in [1.165, 1.54) is 38.5 Å². The minimum Gasteiger partial charge on any atom is -0.323 e. The largest absolute Gasteiger partial charge is 0.323 e. The summed E-state index contributed by atoms with van der Waals surface area (Å²) in [6.07, 6.45) is 4.43. The van der Waals surface area contributed by atoms with Gasteiger partial charge in [-0.15, -0.1) is 0 Å². The van der Waals surface area contributed by atoms with Gasteiger partial charge in [-0.05, 0) is 53.4 Å². The predicted octanol–water partition coefficient (Wildman–Crippen LogP) is 5.38. The molecule has 0 atom stereocenters. The van der Waals surface area contributed by atoms with Crippen molar-refractivity contribution in [3.8, 4) is 11.1 Å². The van der Waals surface area contributed by atoms with Gasteiger partial charge in [0, 0.05) is 23.5 Å². The van der Waals surface area contributed by atoms with E-state index in [0.717, 1.165) is 0 Å². The van der Waals surface area contributed by atoms with E-state index in [2.05, 4.69) is 85.2 Å². The molecular formula is C20H17N. The molecule has 2 aromatic heterocycles. The maximum absolute atomic E-state index is 2.27. The van der Waals surface area contributed by atoms with Crippen LogP contribution in [0.2, 0.25) is 0 Å². The zero-order chi connectivity index (χ0) is 14.4. The third-order valence-electron chi connectivity index (χ3n) is 4.30. The van der Waals surface area contributed by atoms with Crippen molar-refractivity contribution >= 4 is 16.3 Å². The Morgan fingerprint density at radius 1 is 0.762 bits per heavy atom. The number of benzene rings is 2. The topological polar surface area (TPSA) is 4.41 Å². The third-order valence-corrected chi connectivity index (χ3v) is 4.30. The van der Waals surface area contributed by atoms with Gasteiger partial charge in [0.05, 0.1) is 0 Å². The molecule has 0 aliphatic heterocycles. The van der Waals surface area contributed by atoms with Crippen LogP contribution < -0.4 is 0 Å². The normalized spacial score (nSPS) is 11.3. The summed E-state index contributed by atoms with van der Waals surface area (Å²) in [4.78, 5) is 0. The van der Waals surface area contributed by atoms with Gasteiger partial charge in [-0.25, -0.2) is 0 Å². The van der Waals surface area contributed by atoms with E-state index >= 15 is 0 Å². The molecule has 0 N–H and O–H groups in total. The second-order valence-electron chi connectivity index (χ2n) is 5.73. The number of rotatable bonds is 1. The standard InChI is InChI=1S/C20H17N/c1-14-10-18-11-17(13-21(18)12-15(14)2)20-9-5-7-16-6-3-4-8-19(16)20/h3-13H,1-2H3. The van der Waals surface area contributed by atoms with Gasteiger partial charge in [0.25, 0.3) is 0 Å². The summed E-state index contributed by atoms with van der Waals surface area (Å²) in [7, 11) is 0. The van der Waals surface area contributed by atoms with E-state index in [9.17, 15) is 0 Å². The van der Waals surface area contributed by atoms with E-state index in [-0.39, 0.29) is 0 Å². The molecule has 0 fully saturated rings. The first-order chi connectivity index (χ1) is 10.2. The quantitative estimate of drug-likeness (QED) is 0.438. The van der Waals surface area contributed by atoms with Crippen molar-refractivity contribution in [2.75, 3.05) is 0 Å². The minimum atomic E-state index is 1.25. The Morgan fingerprint density at radius 3 is 2.48 bits per heavy atom. The van der Waals surface area contributed by atoms with Crippen LogP contribution in [-0.4, -0.2) is 4.40 Å². The van der Waals surface area contributed by atoms with Crippen molar-refractivity contribution in [3.05, 3.63) is 78.1 Å². The smallest absolute Gasteiger partial charge is 0.0459 e. The molecule has 2 aromatic carbocycles. The van der Waals surface area contributed by atoms with Gasteiger partial charge in [-0.1, -0.05) is 42.5 Å². The van der Waals surface area contributed by atoms with Crippen molar-refractivity contribution in [2.45, 2.75) is 13.8 Å². The van der Waals surface area contributed by atoms with Gasteiger partial charge in [0.2, 0.25) is 0 Å². The Labute approximate surface area is 124 Å². The molecule has 21 heavy (non-hydrogen) atoms. The predicted molar refractivity (Wildman–Crippen MR) is 89.8 cm³/mol. The SMILES string of the molecule is Cc1cc2cc(-c3cccc4ccccc34)cn2cc1C. The fourth-order valence-electron chi connectivity index (χ4n) is 2.99. The van der Waals surface area contributed by atoms with Crippen LogP contribution >= 0.6 is 0 Å². The third kappa shape index (κ3) is 1.93. The number of hydrogen-bond donors (Lipinski definition) is 0. The van der Waals surface area contributed by atoms with Gasteiger partial charge >= 0.3 is 0 Å². The molecule has 2 heterocycles. The number of aromatic nitrogens is 1. The van der Waals surface area contributed by atoms with Gasteiger partial charge in [0.1, 0.15) is 0 Å². The van der Waals surface area contributed by atoms with E-state index in [1.807, 2.05) is 0 Å². The summed E-state index contributed by atoms with van der Waals surface area (Å²) >= 11 is 0. The lowest BCUT2D eigenvalue weighted by Crippen LogP contribution is -1.86. The zero-order valence-electron chi connectivity index (χ0n) is 12.3. The first kappa shape index (κ1) is 12.2. The molecule has 0 radical (unpaired) electrons. The molecule has 0 amide bonds. The highest BCUT2D eigenvalue weighted by molar-refractivity contribution is 5.97. The molecule has 1 nitrogen and oxygen atoms in total. The molecule has 0 bridgehead atoms. The summed E-state index contributed by atoms with van der Waals surface area (Å²) in [5.41, 5.74) is 6.48. The highest BCUT2D eigenvalue weighted by Crippen LogP contribution is 2.30. The molecule has 0 saturated heterocycles. The molecule has 0 saturated carbocycles. The Kier molecular flexibility index (Phi) is 2.61. The maximum Gasteiger partial charge on any atom is 0.0459 e. The highest BCUT2D eigenvalue weighted by Gasteiger charge is 2.07.